The SMILES string of the molecule is CCOC(=O)c1c(NC(=O)COC(=O)[C@H](CC(C)C)N2C(=O)c3c(Cl)c(Cl)c(Cl)c(Cl)c3C2=O)sc2c1CC[C@@H](C)C2. The predicted molar refractivity (Wildman–Crippen MR) is 161 cm³/mol. The van der Waals surface area contributed by atoms with Crippen LogP contribution in [0, 0.1) is 11.8 Å². The molecular formula is C28H28Cl4N2O7S. The topological polar surface area (TPSA) is 119 Å². The van der Waals surface area contributed by atoms with E-state index in [-0.39, 0.29) is 50.2 Å². The maximum Gasteiger partial charge on any atom is 0.341 e. The average Bonchev–Trinajstić information content (AvgIpc) is 3.40. The number of carbonyl (C=O) groups excluding carboxylic acids is 5. The minimum atomic E-state index is -1.39. The Balaban J connectivity index is 1.54. The lowest BCUT2D eigenvalue weighted by molar-refractivity contribution is -0.151. The van der Waals surface area contributed by atoms with Gasteiger partial charge in [-0.2, -0.15) is 0 Å². The average molecular weight is 678 g/mol. The lowest BCUT2D eigenvalue weighted by Crippen LogP contribution is -2.47. The van der Waals surface area contributed by atoms with Crippen LogP contribution in [0.1, 0.15) is 82.1 Å². The second-order valence-corrected chi connectivity index (χ2v) is 13.2. The number of esters is 2. The van der Waals surface area contributed by atoms with Gasteiger partial charge in [0.25, 0.3) is 17.7 Å². The van der Waals surface area contributed by atoms with E-state index in [2.05, 4.69) is 12.2 Å². The van der Waals surface area contributed by atoms with Crippen molar-refractivity contribution in [3.63, 3.8) is 0 Å². The van der Waals surface area contributed by atoms with Crippen molar-refractivity contribution in [3.8, 4) is 0 Å². The molecule has 0 saturated heterocycles. The molecule has 226 valence electrons. The van der Waals surface area contributed by atoms with Crippen molar-refractivity contribution < 1.29 is 33.4 Å². The first-order valence-electron chi connectivity index (χ1n) is 13.3. The molecule has 0 radical (unpaired) electrons. The molecule has 2 atom stereocenters. The number of carbonyl (C=O) groups is 5. The van der Waals surface area contributed by atoms with Gasteiger partial charge in [-0.25, -0.2) is 9.59 Å². The van der Waals surface area contributed by atoms with E-state index < -0.39 is 42.3 Å². The molecule has 1 aromatic carbocycles. The smallest absolute Gasteiger partial charge is 0.341 e. The number of fused-ring (bicyclic) bond motifs is 2. The maximum absolute atomic E-state index is 13.4. The molecule has 2 aliphatic rings. The van der Waals surface area contributed by atoms with Crippen molar-refractivity contribution in [2.45, 2.75) is 59.4 Å². The van der Waals surface area contributed by atoms with Gasteiger partial charge in [0.1, 0.15) is 11.0 Å². The third-order valence-corrected chi connectivity index (χ3v) is 9.97. The number of hydrogen-bond donors (Lipinski definition) is 1. The van der Waals surface area contributed by atoms with Gasteiger partial charge in [-0.3, -0.25) is 19.3 Å². The summed E-state index contributed by atoms with van der Waals surface area (Å²) in [6.45, 7) is 6.84. The van der Waals surface area contributed by atoms with Gasteiger partial charge < -0.3 is 14.8 Å². The summed E-state index contributed by atoms with van der Waals surface area (Å²) in [7, 11) is 0. The zero-order valence-electron chi connectivity index (χ0n) is 23.2. The van der Waals surface area contributed by atoms with Crippen LogP contribution in [0.4, 0.5) is 5.00 Å². The number of amides is 3. The number of nitrogens with one attached hydrogen (secondary N) is 1. The standard InChI is InChI=1S/C28H28Cl4N2O7S/c1-5-40-28(39)17-13-7-6-12(4)9-15(13)42-24(17)33-16(35)10-41-27(38)14(8-11(2)3)34-25(36)18-19(26(34)37)21(30)23(32)22(31)20(18)29/h11-12,14H,5-10H2,1-4H3,(H,33,35)/t12-,14+/m1/s1. The summed E-state index contributed by atoms with van der Waals surface area (Å²) in [5, 5.41) is 2.08. The lowest BCUT2D eigenvalue weighted by Gasteiger charge is -2.25. The molecule has 3 amide bonds. The van der Waals surface area contributed by atoms with E-state index in [0.717, 1.165) is 23.3 Å². The number of anilines is 1. The number of thiophene rings is 1. The highest BCUT2D eigenvalue weighted by molar-refractivity contribution is 7.17. The summed E-state index contributed by atoms with van der Waals surface area (Å²) in [5.74, 6) is -3.70. The Morgan fingerprint density at radius 3 is 2.14 bits per heavy atom. The van der Waals surface area contributed by atoms with Crippen LogP contribution in [0.5, 0.6) is 0 Å². The zero-order valence-corrected chi connectivity index (χ0v) is 27.0. The monoisotopic (exact) mass is 676 g/mol. The van der Waals surface area contributed by atoms with Crippen molar-refractivity contribution in [1.82, 2.24) is 4.90 Å². The lowest BCUT2D eigenvalue weighted by atomic mass is 9.88. The minimum Gasteiger partial charge on any atom is -0.462 e. The van der Waals surface area contributed by atoms with E-state index >= 15 is 0 Å². The van der Waals surface area contributed by atoms with Crippen molar-refractivity contribution in [2.75, 3.05) is 18.5 Å². The first-order chi connectivity index (χ1) is 19.8. The Labute approximate surface area is 266 Å². The van der Waals surface area contributed by atoms with Gasteiger partial charge in [0.15, 0.2) is 6.61 Å². The van der Waals surface area contributed by atoms with Gasteiger partial charge >= 0.3 is 11.9 Å². The third kappa shape index (κ3) is 6.15. The van der Waals surface area contributed by atoms with Gasteiger partial charge in [0, 0.05) is 4.88 Å². The number of rotatable bonds is 9. The van der Waals surface area contributed by atoms with Crippen LogP contribution in [0.2, 0.25) is 20.1 Å². The molecule has 0 spiro atoms. The Kier molecular flexibility index (Phi) is 10.1. The van der Waals surface area contributed by atoms with Crippen LogP contribution >= 0.6 is 57.7 Å². The van der Waals surface area contributed by atoms with Crippen LogP contribution in [-0.4, -0.2) is 53.8 Å². The van der Waals surface area contributed by atoms with Gasteiger partial charge in [0.05, 0.1) is 43.4 Å². The molecule has 1 aromatic heterocycles. The Bertz CT molecular complexity index is 1440. The molecule has 14 heteroatoms. The summed E-state index contributed by atoms with van der Waals surface area (Å²) >= 11 is 26.0. The highest BCUT2D eigenvalue weighted by atomic mass is 35.5. The zero-order chi connectivity index (χ0) is 31.0. The summed E-state index contributed by atoms with van der Waals surface area (Å²) in [6, 6.07) is -1.39. The van der Waals surface area contributed by atoms with Gasteiger partial charge in [-0.1, -0.05) is 67.2 Å². The van der Waals surface area contributed by atoms with Crippen LogP contribution in [0.3, 0.4) is 0 Å². The van der Waals surface area contributed by atoms with Crippen molar-refractivity contribution in [3.05, 3.63) is 47.2 Å². The van der Waals surface area contributed by atoms with Crippen molar-refractivity contribution in [2.24, 2.45) is 11.8 Å². The molecule has 2 heterocycles. The first kappa shape index (κ1) is 32.5. The van der Waals surface area contributed by atoms with E-state index in [0.29, 0.717) is 27.8 Å². The number of imide groups is 1. The summed E-state index contributed by atoms with van der Waals surface area (Å²) in [5.41, 5.74) is 0.660. The van der Waals surface area contributed by atoms with Gasteiger partial charge in [-0.05, 0) is 50.0 Å². The summed E-state index contributed by atoms with van der Waals surface area (Å²) < 4.78 is 10.5. The third-order valence-electron chi connectivity index (χ3n) is 7.00. The van der Waals surface area contributed by atoms with Gasteiger partial charge in [-0.15, -0.1) is 11.3 Å². The van der Waals surface area contributed by atoms with Crippen molar-refractivity contribution >= 4 is 92.4 Å². The molecule has 0 bridgehead atoms. The van der Waals surface area contributed by atoms with Crippen molar-refractivity contribution in [1.29, 1.82) is 0 Å². The Morgan fingerprint density at radius 1 is 1.00 bits per heavy atom. The second-order valence-electron chi connectivity index (χ2n) is 10.6. The molecule has 42 heavy (non-hydrogen) atoms. The molecule has 1 N–H and O–H groups in total. The maximum atomic E-state index is 13.4. The molecule has 2 aromatic rings. The van der Waals surface area contributed by atoms with Crippen LogP contribution in [-0.2, 0) is 31.9 Å². The van der Waals surface area contributed by atoms with Gasteiger partial charge in [0.2, 0.25) is 0 Å². The Hall–Kier alpha value is -2.37. The predicted octanol–water partition coefficient (Wildman–Crippen LogP) is 6.86. The van der Waals surface area contributed by atoms with Crippen LogP contribution in [0.15, 0.2) is 0 Å². The first-order valence-corrected chi connectivity index (χ1v) is 15.6. The molecule has 0 fully saturated rings. The van der Waals surface area contributed by atoms with E-state index in [9.17, 15) is 24.0 Å². The molecule has 1 aliphatic heterocycles. The largest absolute Gasteiger partial charge is 0.462 e. The number of benzene rings is 1. The quantitative estimate of drug-likeness (QED) is 0.133. The Morgan fingerprint density at radius 2 is 1.60 bits per heavy atom. The number of nitrogens with zero attached hydrogens (tertiary/aromatic N) is 1. The molecule has 4 rings (SSSR count). The van der Waals surface area contributed by atoms with E-state index in [1.807, 2.05) is 0 Å². The fraction of sp³-hybridized carbons (Fsp3) is 0.464. The number of halogens is 4. The number of ether oxygens (including phenoxy) is 2. The highest BCUT2D eigenvalue weighted by Crippen LogP contribution is 2.45. The van der Waals surface area contributed by atoms with Crippen LogP contribution < -0.4 is 5.32 Å². The van der Waals surface area contributed by atoms with E-state index in [1.54, 1.807) is 20.8 Å². The number of hydrogen-bond acceptors (Lipinski definition) is 8. The normalized spacial score (nSPS) is 16.8. The summed E-state index contributed by atoms with van der Waals surface area (Å²) in [4.78, 5) is 67.4. The molecule has 0 saturated carbocycles. The minimum absolute atomic E-state index is 0.0332. The molecule has 1 aliphatic carbocycles. The fourth-order valence-corrected chi connectivity index (χ4v) is 7.49. The highest BCUT2D eigenvalue weighted by Gasteiger charge is 2.47. The van der Waals surface area contributed by atoms with E-state index in [1.165, 1.54) is 11.3 Å². The molecule has 9 nitrogen and oxygen atoms in total. The molecular weight excluding hydrogens is 650 g/mol. The van der Waals surface area contributed by atoms with E-state index in [4.69, 9.17) is 55.9 Å². The summed E-state index contributed by atoms with van der Waals surface area (Å²) in [6.07, 6.45) is 2.41. The van der Waals surface area contributed by atoms with Crippen LogP contribution in [0.25, 0.3) is 0 Å². The molecule has 0 unspecified atom stereocenters. The second kappa shape index (κ2) is 13.1. The fourth-order valence-electron chi connectivity index (χ4n) is 5.06.